The molecule has 0 amide bonds. The Balaban J connectivity index is 2.31. The largest absolute Gasteiger partial charge is 0.399 e. The fourth-order valence-corrected chi connectivity index (χ4v) is 2.18. The first-order valence-corrected chi connectivity index (χ1v) is 5.93. The lowest BCUT2D eigenvalue weighted by atomic mass is 10.1. The van der Waals surface area contributed by atoms with Crippen molar-refractivity contribution in [2.75, 3.05) is 5.73 Å². The van der Waals surface area contributed by atoms with Gasteiger partial charge in [-0.15, -0.1) is 11.3 Å². The van der Waals surface area contributed by atoms with E-state index in [2.05, 4.69) is 4.98 Å². The first kappa shape index (κ1) is 10.8. The van der Waals surface area contributed by atoms with E-state index in [1.807, 2.05) is 36.6 Å². The predicted molar refractivity (Wildman–Crippen MR) is 66.6 cm³/mol. The van der Waals surface area contributed by atoms with E-state index in [1.165, 1.54) is 11.3 Å². The van der Waals surface area contributed by atoms with E-state index in [0.29, 0.717) is 11.4 Å². The zero-order valence-corrected chi connectivity index (χ0v) is 9.75. The summed E-state index contributed by atoms with van der Waals surface area (Å²) in [7, 11) is 0. The van der Waals surface area contributed by atoms with Gasteiger partial charge in [-0.25, -0.2) is 4.98 Å². The predicted octanol–water partition coefficient (Wildman–Crippen LogP) is 2.99. The van der Waals surface area contributed by atoms with Crippen molar-refractivity contribution < 1.29 is 4.79 Å². The number of Topliss-reactive ketones (excluding diaryl/α,β-unsaturated/α-hetero) is 1. The van der Waals surface area contributed by atoms with Gasteiger partial charge in [0.1, 0.15) is 0 Å². The van der Waals surface area contributed by atoms with Gasteiger partial charge in [0.2, 0.25) is 0 Å². The molecule has 0 saturated carbocycles. The molecule has 2 aromatic rings. The van der Waals surface area contributed by atoms with E-state index in [9.17, 15) is 4.79 Å². The molecule has 2 rings (SSSR count). The second kappa shape index (κ2) is 4.45. The van der Waals surface area contributed by atoms with Gasteiger partial charge in [-0.2, -0.15) is 0 Å². The number of carbonyl (C=O) groups is 1. The van der Waals surface area contributed by atoms with Gasteiger partial charge >= 0.3 is 0 Å². The molecule has 1 heterocycles. The summed E-state index contributed by atoms with van der Waals surface area (Å²) in [5.41, 5.74) is 8.16. The Bertz CT molecular complexity index is 502. The Morgan fingerprint density at radius 2 is 2.06 bits per heavy atom. The number of nitrogens with zero attached hydrogens (tertiary/aromatic N) is 1. The van der Waals surface area contributed by atoms with Crippen molar-refractivity contribution in [3.8, 4) is 11.3 Å². The topological polar surface area (TPSA) is 56.0 Å². The minimum atomic E-state index is 0.0895. The van der Waals surface area contributed by atoms with Gasteiger partial charge in [-0.3, -0.25) is 4.79 Å². The second-order valence-corrected chi connectivity index (χ2v) is 4.29. The molecule has 0 bridgehead atoms. The van der Waals surface area contributed by atoms with Crippen LogP contribution in [0.5, 0.6) is 0 Å². The summed E-state index contributed by atoms with van der Waals surface area (Å²) in [5, 5.41) is 2.48. The number of carbonyl (C=O) groups excluding carboxylic acids is 1. The maximum absolute atomic E-state index is 11.4. The quantitative estimate of drug-likeness (QED) is 0.653. The second-order valence-electron chi connectivity index (χ2n) is 3.44. The summed E-state index contributed by atoms with van der Waals surface area (Å²) in [6.45, 7) is 1.84. The van der Waals surface area contributed by atoms with E-state index < -0.39 is 0 Å². The van der Waals surface area contributed by atoms with Crippen molar-refractivity contribution in [1.29, 1.82) is 0 Å². The lowest BCUT2D eigenvalue weighted by Gasteiger charge is -1.96. The molecule has 0 spiro atoms. The molecule has 0 aliphatic carbocycles. The first-order valence-electron chi connectivity index (χ1n) is 5.05. The molecule has 4 heteroatoms. The van der Waals surface area contributed by atoms with E-state index in [-0.39, 0.29) is 5.78 Å². The average Bonchev–Trinajstić information content (AvgIpc) is 2.78. The number of hydrogen-bond donors (Lipinski definition) is 1. The van der Waals surface area contributed by atoms with Crippen LogP contribution in [0, 0.1) is 0 Å². The number of aromatic nitrogens is 1. The summed E-state index contributed by atoms with van der Waals surface area (Å²) >= 11 is 1.39. The Morgan fingerprint density at radius 3 is 2.69 bits per heavy atom. The Morgan fingerprint density at radius 1 is 1.38 bits per heavy atom. The number of nitrogen functional groups attached to an aromatic ring is 1. The molecular weight excluding hydrogens is 220 g/mol. The number of thiazole rings is 1. The third-order valence-electron chi connectivity index (χ3n) is 2.27. The van der Waals surface area contributed by atoms with Crippen LogP contribution in [-0.2, 0) is 0 Å². The van der Waals surface area contributed by atoms with Crippen LogP contribution in [0.15, 0.2) is 29.6 Å². The number of ketones is 1. The van der Waals surface area contributed by atoms with Crippen LogP contribution in [0.4, 0.5) is 5.69 Å². The van der Waals surface area contributed by atoms with Gasteiger partial charge < -0.3 is 5.73 Å². The molecular formula is C12H12N2OS. The van der Waals surface area contributed by atoms with Crippen LogP contribution < -0.4 is 5.73 Å². The maximum atomic E-state index is 11.4. The highest BCUT2D eigenvalue weighted by molar-refractivity contribution is 7.12. The van der Waals surface area contributed by atoms with Gasteiger partial charge in [0, 0.05) is 23.1 Å². The molecule has 0 saturated heterocycles. The van der Waals surface area contributed by atoms with Crippen LogP contribution in [0.1, 0.15) is 23.1 Å². The lowest BCUT2D eigenvalue weighted by molar-refractivity contribution is 0.0988. The van der Waals surface area contributed by atoms with Crippen molar-refractivity contribution in [3.05, 3.63) is 34.7 Å². The molecule has 16 heavy (non-hydrogen) atoms. The minimum Gasteiger partial charge on any atom is -0.399 e. The van der Waals surface area contributed by atoms with Gasteiger partial charge in [0.05, 0.1) is 5.69 Å². The molecule has 1 aromatic heterocycles. The molecule has 0 aliphatic rings. The maximum Gasteiger partial charge on any atom is 0.191 e. The molecule has 2 N–H and O–H groups in total. The van der Waals surface area contributed by atoms with Crippen molar-refractivity contribution in [2.45, 2.75) is 13.3 Å². The van der Waals surface area contributed by atoms with Crippen molar-refractivity contribution in [1.82, 2.24) is 4.98 Å². The molecule has 1 aromatic carbocycles. The summed E-state index contributed by atoms with van der Waals surface area (Å²) < 4.78 is 0. The molecule has 0 radical (unpaired) electrons. The zero-order valence-electron chi connectivity index (χ0n) is 8.93. The fourth-order valence-electron chi connectivity index (χ4n) is 1.34. The van der Waals surface area contributed by atoms with Gasteiger partial charge in [0.25, 0.3) is 0 Å². The van der Waals surface area contributed by atoms with E-state index in [0.717, 1.165) is 16.9 Å². The molecule has 0 aliphatic heterocycles. The third kappa shape index (κ3) is 2.12. The van der Waals surface area contributed by atoms with Crippen LogP contribution >= 0.6 is 11.3 Å². The highest BCUT2D eigenvalue weighted by Crippen LogP contribution is 2.23. The van der Waals surface area contributed by atoms with Crippen molar-refractivity contribution in [2.24, 2.45) is 0 Å². The SMILES string of the molecule is CCC(=O)c1nc(-c2ccc(N)cc2)cs1. The van der Waals surface area contributed by atoms with E-state index in [4.69, 9.17) is 5.73 Å². The number of anilines is 1. The van der Waals surface area contributed by atoms with E-state index in [1.54, 1.807) is 0 Å². The van der Waals surface area contributed by atoms with E-state index >= 15 is 0 Å². The summed E-state index contributed by atoms with van der Waals surface area (Å²) in [4.78, 5) is 15.7. The standard InChI is InChI=1S/C12H12N2OS/c1-2-11(15)12-14-10(7-16-12)8-3-5-9(13)6-4-8/h3-7H,2,13H2,1H3. The molecule has 0 atom stereocenters. The van der Waals surface area contributed by atoms with Crippen LogP contribution in [-0.4, -0.2) is 10.8 Å². The van der Waals surface area contributed by atoms with Crippen molar-refractivity contribution in [3.63, 3.8) is 0 Å². The fraction of sp³-hybridized carbons (Fsp3) is 0.167. The number of benzene rings is 1. The highest BCUT2D eigenvalue weighted by Gasteiger charge is 2.09. The normalized spacial score (nSPS) is 10.3. The zero-order chi connectivity index (χ0) is 11.5. The van der Waals surface area contributed by atoms with Crippen LogP contribution in [0.25, 0.3) is 11.3 Å². The Hall–Kier alpha value is -1.68. The molecule has 82 valence electrons. The lowest BCUT2D eigenvalue weighted by Crippen LogP contribution is -1.94. The molecule has 0 unspecified atom stereocenters. The minimum absolute atomic E-state index is 0.0895. The number of nitrogens with two attached hydrogens (primary N) is 1. The number of hydrogen-bond acceptors (Lipinski definition) is 4. The summed E-state index contributed by atoms with van der Waals surface area (Å²) in [5.74, 6) is 0.0895. The molecule has 0 fully saturated rings. The van der Waals surface area contributed by atoms with Gasteiger partial charge in [-0.1, -0.05) is 19.1 Å². The summed E-state index contributed by atoms with van der Waals surface area (Å²) in [6.07, 6.45) is 0.495. The highest BCUT2D eigenvalue weighted by atomic mass is 32.1. The molecule has 3 nitrogen and oxygen atoms in total. The third-order valence-corrected chi connectivity index (χ3v) is 3.15. The van der Waals surface area contributed by atoms with Crippen molar-refractivity contribution >= 4 is 22.8 Å². The summed E-state index contributed by atoms with van der Waals surface area (Å²) in [6, 6.07) is 7.47. The van der Waals surface area contributed by atoms with Gasteiger partial charge in [-0.05, 0) is 12.1 Å². The monoisotopic (exact) mass is 232 g/mol. The average molecular weight is 232 g/mol. The van der Waals surface area contributed by atoms with Crippen LogP contribution in [0.3, 0.4) is 0 Å². The smallest absolute Gasteiger partial charge is 0.191 e. The Kier molecular flexibility index (Phi) is 3.01. The van der Waals surface area contributed by atoms with Crippen LogP contribution in [0.2, 0.25) is 0 Å². The Labute approximate surface area is 97.9 Å². The first-order chi connectivity index (χ1) is 7.70. The number of rotatable bonds is 3. The van der Waals surface area contributed by atoms with Gasteiger partial charge in [0.15, 0.2) is 10.8 Å².